The first-order valence-corrected chi connectivity index (χ1v) is 10.6. The number of nitrogens with zero attached hydrogens (tertiary/aromatic N) is 1. The summed E-state index contributed by atoms with van der Waals surface area (Å²) in [6.45, 7) is 2.21. The summed E-state index contributed by atoms with van der Waals surface area (Å²) < 4.78 is 18.5. The highest BCUT2D eigenvalue weighted by Crippen LogP contribution is 2.30. The molecule has 4 nitrogen and oxygen atoms in total. The van der Waals surface area contributed by atoms with E-state index in [2.05, 4.69) is 10.2 Å². The summed E-state index contributed by atoms with van der Waals surface area (Å²) in [5.74, 6) is 0.806. The minimum Gasteiger partial charge on any atom is -0.492 e. The molecule has 1 aliphatic carbocycles. The second-order valence-electron chi connectivity index (χ2n) is 7.83. The Bertz CT molecular complexity index is 570. The maximum atomic E-state index is 12.9. The molecule has 5 heteroatoms. The highest BCUT2D eigenvalue weighted by atomic mass is 19.1. The van der Waals surface area contributed by atoms with Crippen molar-refractivity contribution in [1.82, 2.24) is 10.2 Å². The molecule has 27 heavy (non-hydrogen) atoms. The molecule has 1 aromatic carbocycles. The number of halogens is 1. The average Bonchev–Trinajstić information content (AvgIpc) is 3.00. The first-order chi connectivity index (χ1) is 13.2. The smallest absolute Gasteiger partial charge is 0.223 e. The van der Waals surface area contributed by atoms with Gasteiger partial charge in [-0.05, 0) is 56.5 Å². The third kappa shape index (κ3) is 6.20. The van der Waals surface area contributed by atoms with Crippen molar-refractivity contribution in [1.29, 1.82) is 0 Å². The number of likely N-dealkylation sites (tertiary alicyclic amines) is 1. The van der Waals surface area contributed by atoms with E-state index in [9.17, 15) is 9.18 Å². The zero-order chi connectivity index (χ0) is 18.9. The summed E-state index contributed by atoms with van der Waals surface area (Å²) in [6, 6.07) is 6.96. The lowest BCUT2D eigenvalue weighted by Gasteiger charge is -2.34. The van der Waals surface area contributed by atoms with Gasteiger partial charge in [-0.1, -0.05) is 32.1 Å². The van der Waals surface area contributed by atoms with E-state index >= 15 is 0 Å². The summed E-state index contributed by atoms with van der Waals surface area (Å²) in [6.07, 6.45) is 11.6. The molecule has 1 N–H and O–H groups in total. The molecule has 1 heterocycles. The Morgan fingerprint density at radius 2 is 1.70 bits per heavy atom. The van der Waals surface area contributed by atoms with Gasteiger partial charge in [-0.3, -0.25) is 4.79 Å². The Kier molecular flexibility index (Phi) is 7.93. The van der Waals surface area contributed by atoms with E-state index in [1.807, 2.05) is 0 Å². The Morgan fingerprint density at radius 3 is 2.44 bits per heavy atom. The Balaban J connectivity index is 1.36. The Hall–Kier alpha value is -1.62. The third-order valence-corrected chi connectivity index (χ3v) is 5.86. The highest BCUT2D eigenvalue weighted by molar-refractivity contribution is 5.79. The van der Waals surface area contributed by atoms with Crippen LogP contribution < -0.4 is 10.1 Å². The molecular formula is C22H33FN2O2. The lowest BCUT2D eigenvalue weighted by atomic mass is 9.95. The number of rotatable bonds is 8. The van der Waals surface area contributed by atoms with Gasteiger partial charge in [0.2, 0.25) is 5.91 Å². The van der Waals surface area contributed by atoms with Crippen LogP contribution in [-0.4, -0.2) is 42.6 Å². The van der Waals surface area contributed by atoms with E-state index in [1.165, 1.54) is 57.1 Å². The molecule has 3 rings (SSSR count). The lowest BCUT2D eigenvalue weighted by Crippen LogP contribution is -2.43. The van der Waals surface area contributed by atoms with Crippen LogP contribution in [0, 0.1) is 5.82 Å². The zero-order valence-electron chi connectivity index (χ0n) is 16.3. The van der Waals surface area contributed by atoms with Crippen molar-refractivity contribution >= 4 is 5.91 Å². The Morgan fingerprint density at radius 1 is 1.00 bits per heavy atom. The minimum absolute atomic E-state index is 0.250. The molecule has 1 aromatic rings. The van der Waals surface area contributed by atoms with Gasteiger partial charge >= 0.3 is 0 Å². The molecule has 0 unspecified atom stereocenters. The number of benzene rings is 1. The first-order valence-electron chi connectivity index (χ1n) is 10.6. The Labute approximate surface area is 162 Å². The van der Waals surface area contributed by atoms with Gasteiger partial charge in [0.15, 0.2) is 0 Å². The van der Waals surface area contributed by atoms with E-state index in [0.717, 1.165) is 32.4 Å². The zero-order valence-corrected chi connectivity index (χ0v) is 16.3. The highest BCUT2D eigenvalue weighted by Gasteiger charge is 2.35. The molecule has 1 aliphatic heterocycles. The van der Waals surface area contributed by atoms with Crippen LogP contribution in [0.15, 0.2) is 24.3 Å². The molecule has 1 amide bonds. The molecule has 150 valence electrons. The number of carbonyl (C=O) groups excluding carboxylic acids is 1. The molecule has 1 atom stereocenters. The van der Waals surface area contributed by atoms with E-state index in [4.69, 9.17) is 4.74 Å². The topological polar surface area (TPSA) is 41.6 Å². The van der Waals surface area contributed by atoms with Crippen LogP contribution in [0.4, 0.5) is 4.39 Å². The van der Waals surface area contributed by atoms with Crippen LogP contribution in [0.2, 0.25) is 0 Å². The number of ether oxygens (including phenoxy) is 1. The lowest BCUT2D eigenvalue weighted by molar-refractivity contribution is -0.131. The summed E-state index contributed by atoms with van der Waals surface area (Å²) in [5.41, 5.74) is 0. The van der Waals surface area contributed by atoms with Crippen LogP contribution >= 0.6 is 0 Å². The molecule has 0 bridgehead atoms. The molecule has 2 fully saturated rings. The summed E-state index contributed by atoms with van der Waals surface area (Å²) in [5, 5.41) is 3.42. The van der Waals surface area contributed by atoms with Crippen molar-refractivity contribution in [3.05, 3.63) is 30.1 Å². The van der Waals surface area contributed by atoms with Crippen molar-refractivity contribution in [3.8, 4) is 5.75 Å². The SMILES string of the molecule is O=C1CC[C@H](CCNCCOc2ccc(F)cc2)N1C1CCCCCCC1. The van der Waals surface area contributed by atoms with Gasteiger partial charge in [0, 0.05) is 25.0 Å². The third-order valence-electron chi connectivity index (χ3n) is 5.86. The van der Waals surface area contributed by atoms with Gasteiger partial charge in [0.05, 0.1) is 0 Å². The van der Waals surface area contributed by atoms with Crippen LogP contribution in [0.5, 0.6) is 5.75 Å². The fourth-order valence-electron chi connectivity index (χ4n) is 4.43. The minimum atomic E-state index is -0.250. The van der Waals surface area contributed by atoms with Crippen LogP contribution in [0.25, 0.3) is 0 Å². The fourth-order valence-corrected chi connectivity index (χ4v) is 4.43. The van der Waals surface area contributed by atoms with Crippen LogP contribution in [0.1, 0.15) is 64.2 Å². The van der Waals surface area contributed by atoms with E-state index in [-0.39, 0.29) is 5.82 Å². The normalized spacial score (nSPS) is 21.9. The number of hydrogen-bond donors (Lipinski definition) is 1. The fraction of sp³-hybridized carbons (Fsp3) is 0.682. The van der Waals surface area contributed by atoms with Gasteiger partial charge in [0.1, 0.15) is 18.2 Å². The molecule has 1 saturated carbocycles. The van der Waals surface area contributed by atoms with E-state index < -0.39 is 0 Å². The monoisotopic (exact) mass is 376 g/mol. The van der Waals surface area contributed by atoms with Gasteiger partial charge in [-0.15, -0.1) is 0 Å². The van der Waals surface area contributed by atoms with Crippen molar-refractivity contribution in [2.45, 2.75) is 76.3 Å². The van der Waals surface area contributed by atoms with Gasteiger partial charge in [-0.2, -0.15) is 0 Å². The molecule has 1 saturated heterocycles. The van der Waals surface area contributed by atoms with Gasteiger partial charge in [-0.25, -0.2) is 4.39 Å². The van der Waals surface area contributed by atoms with E-state index in [1.54, 1.807) is 12.1 Å². The average molecular weight is 377 g/mol. The van der Waals surface area contributed by atoms with Crippen molar-refractivity contribution in [2.75, 3.05) is 19.7 Å². The van der Waals surface area contributed by atoms with Crippen LogP contribution in [0.3, 0.4) is 0 Å². The number of nitrogens with one attached hydrogen (secondary N) is 1. The first kappa shape index (κ1) is 20.1. The maximum Gasteiger partial charge on any atom is 0.223 e. The van der Waals surface area contributed by atoms with Crippen LogP contribution in [-0.2, 0) is 4.79 Å². The number of amides is 1. The number of hydrogen-bond acceptors (Lipinski definition) is 3. The second-order valence-corrected chi connectivity index (χ2v) is 7.83. The van der Waals surface area contributed by atoms with Crippen molar-refractivity contribution in [3.63, 3.8) is 0 Å². The molecule has 0 aromatic heterocycles. The van der Waals surface area contributed by atoms with Gasteiger partial charge in [0.25, 0.3) is 0 Å². The standard InChI is InChI=1S/C22H33FN2O2/c23-18-8-11-21(12-9-18)27-17-16-24-15-14-20-10-13-22(26)25(20)19-6-4-2-1-3-5-7-19/h8-9,11-12,19-20,24H,1-7,10,13-17H2/t20-/m1/s1. The summed E-state index contributed by atoms with van der Waals surface area (Å²) >= 11 is 0. The van der Waals surface area contributed by atoms with Gasteiger partial charge < -0.3 is 15.0 Å². The quantitative estimate of drug-likeness (QED) is 0.688. The summed E-state index contributed by atoms with van der Waals surface area (Å²) in [4.78, 5) is 14.7. The van der Waals surface area contributed by atoms with Crippen molar-refractivity contribution < 1.29 is 13.9 Å². The largest absolute Gasteiger partial charge is 0.492 e. The molecule has 0 spiro atoms. The second kappa shape index (κ2) is 10.6. The molecule has 0 radical (unpaired) electrons. The summed E-state index contributed by atoms with van der Waals surface area (Å²) in [7, 11) is 0. The van der Waals surface area contributed by atoms with Crippen molar-refractivity contribution in [2.24, 2.45) is 0 Å². The van der Waals surface area contributed by atoms with E-state index in [0.29, 0.717) is 30.3 Å². The molecule has 2 aliphatic rings. The maximum absolute atomic E-state index is 12.9. The predicted octanol–water partition coefficient (Wildman–Crippen LogP) is 4.29. The predicted molar refractivity (Wildman–Crippen MR) is 105 cm³/mol. The number of carbonyl (C=O) groups is 1. The molecular weight excluding hydrogens is 343 g/mol.